The first-order valence-electron chi connectivity index (χ1n) is 8.91. The van der Waals surface area contributed by atoms with Gasteiger partial charge in [-0.25, -0.2) is 12.8 Å². The molecule has 1 fully saturated rings. The highest BCUT2D eigenvalue weighted by atomic mass is 32.2. The predicted octanol–water partition coefficient (Wildman–Crippen LogP) is 0.362. The number of nitrogens with one attached hydrogen (secondary N) is 2. The molecule has 2 N–H and O–H groups in total. The van der Waals surface area contributed by atoms with Gasteiger partial charge in [0, 0.05) is 5.69 Å². The van der Waals surface area contributed by atoms with Crippen LogP contribution in [-0.2, 0) is 14.8 Å². The van der Waals surface area contributed by atoms with Crippen LogP contribution in [0.25, 0.3) is 0 Å². The zero-order valence-electron chi connectivity index (χ0n) is 15.5. The summed E-state index contributed by atoms with van der Waals surface area (Å²) in [6.45, 7) is 1.82. The molecule has 1 aliphatic heterocycles. The molecule has 9 heteroatoms. The summed E-state index contributed by atoms with van der Waals surface area (Å²) in [7, 11) is -2.15. The molecular formula is C19H23FN3O4S+. The van der Waals surface area contributed by atoms with Gasteiger partial charge < -0.3 is 15.0 Å². The van der Waals surface area contributed by atoms with Crippen molar-refractivity contribution < 1.29 is 27.2 Å². The fraction of sp³-hybridized carbons (Fsp3) is 0.316. The molecule has 0 atom stereocenters. The number of sulfonamides is 1. The lowest BCUT2D eigenvalue weighted by Gasteiger charge is -2.31. The molecule has 7 nitrogen and oxygen atoms in total. The molecule has 0 bridgehead atoms. The summed E-state index contributed by atoms with van der Waals surface area (Å²) in [5.74, 6) is -0.0126. The molecule has 0 aromatic heterocycles. The Bertz CT molecular complexity index is 926. The van der Waals surface area contributed by atoms with Crippen LogP contribution in [0.5, 0.6) is 5.75 Å². The smallest absolute Gasteiger partial charge is 0.279 e. The normalized spacial score (nSPS) is 15.9. The molecule has 1 saturated heterocycles. The van der Waals surface area contributed by atoms with Crippen molar-refractivity contribution in [1.82, 2.24) is 4.31 Å². The summed E-state index contributed by atoms with van der Waals surface area (Å²) >= 11 is 0. The van der Waals surface area contributed by atoms with E-state index in [1.807, 2.05) is 0 Å². The van der Waals surface area contributed by atoms with E-state index in [-0.39, 0.29) is 30.4 Å². The highest BCUT2D eigenvalue weighted by Gasteiger charge is 2.31. The number of piperazine rings is 1. The lowest BCUT2D eigenvalue weighted by molar-refractivity contribution is -0.895. The van der Waals surface area contributed by atoms with Crippen LogP contribution in [0.2, 0.25) is 0 Å². The van der Waals surface area contributed by atoms with E-state index in [9.17, 15) is 17.6 Å². The molecule has 3 rings (SSSR count). The maximum atomic E-state index is 13.4. The number of anilines is 1. The number of hydrogen-bond acceptors (Lipinski definition) is 4. The van der Waals surface area contributed by atoms with Gasteiger partial charge in [-0.15, -0.1) is 0 Å². The van der Waals surface area contributed by atoms with Crippen molar-refractivity contribution in [1.29, 1.82) is 0 Å². The van der Waals surface area contributed by atoms with E-state index >= 15 is 0 Å². The van der Waals surface area contributed by atoms with E-state index in [4.69, 9.17) is 4.74 Å². The summed E-state index contributed by atoms with van der Waals surface area (Å²) < 4.78 is 45.0. The number of carbonyl (C=O) groups is 1. The number of quaternary nitrogens is 1. The Hall–Kier alpha value is -2.49. The first kappa shape index (κ1) is 20.2. The highest BCUT2D eigenvalue weighted by molar-refractivity contribution is 7.89. The van der Waals surface area contributed by atoms with Gasteiger partial charge in [0.1, 0.15) is 11.6 Å². The van der Waals surface area contributed by atoms with Crippen LogP contribution in [0.15, 0.2) is 53.4 Å². The van der Waals surface area contributed by atoms with Gasteiger partial charge in [0.05, 0.1) is 38.2 Å². The maximum Gasteiger partial charge on any atom is 0.279 e. The lowest BCUT2D eigenvalue weighted by Crippen LogP contribution is -3.15. The molecular weight excluding hydrogens is 385 g/mol. The average Bonchev–Trinajstić information content (AvgIpc) is 2.69. The number of methoxy groups -OCH3 is 1. The molecule has 150 valence electrons. The second-order valence-corrected chi connectivity index (χ2v) is 8.50. The quantitative estimate of drug-likeness (QED) is 0.724. The van der Waals surface area contributed by atoms with Crippen molar-refractivity contribution in [2.75, 3.05) is 45.2 Å². The lowest BCUT2D eigenvalue weighted by atomic mass is 10.3. The van der Waals surface area contributed by atoms with Gasteiger partial charge in [-0.2, -0.15) is 4.31 Å². The summed E-state index contributed by atoms with van der Waals surface area (Å²) in [4.78, 5) is 13.2. The molecule has 1 heterocycles. The highest BCUT2D eigenvalue weighted by Crippen LogP contribution is 2.17. The number of rotatable bonds is 6. The Balaban J connectivity index is 1.52. The molecule has 0 saturated carbocycles. The van der Waals surface area contributed by atoms with Crippen LogP contribution >= 0.6 is 0 Å². The molecule has 1 amide bonds. The summed E-state index contributed by atoms with van der Waals surface area (Å²) in [6, 6.07) is 12.1. The van der Waals surface area contributed by atoms with Crippen LogP contribution in [0, 0.1) is 5.82 Å². The number of benzene rings is 2. The molecule has 1 aliphatic rings. The molecule has 0 radical (unpaired) electrons. The molecule has 0 spiro atoms. The second-order valence-electron chi connectivity index (χ2n) is 6.56. The monoisotopic (exact) mass is 408 g/mol. The van der Waals surface area contributed by atoms with Crippen molar-refractivity contribution in [2.45, 2.75) is 4.90 Å². The number of hydrogen-bond donors (Lipinski definition) is 2. The Morgan fingerprint density at radius 1 is 1.18 bits per heavy atom. The zero-order valence-corrected chi connectivity index (χ0v) is 16.3. The molecule has 2 aromatic carbocycles. The van der Waals surface area contributed by atoms with E-state index in [0.29, 0.717) is 24.5 Å². The Kier molecular flexibility index (Phi) is 6.28. The standard InChI is InChI=1S/C19H22FN3O4S/c1-27-17-7-5-16(6-8-17)21-19(24)14-22-9-11-23(12-10-22)28(25,26)18-4-2-3-15(20)13-18/h2-8,13H,9-12,14H2,1H3,(H,21,24)/p+1. The predicted molar refractivity (Wildman–Crippen MR) is 102 cm³/mol. The minimum atomic E-state index is -3.72. The zero-order chi connectivity index (χ0) is 20.1. The van der Waals surface area contributed by atoms with Crippen LogP contribution in [0.1, 0.15) is 0 Å². The third-order valence-corrected chi connectivity index (χ3v) is 6.54. The Morgan fingerprint density at radius 2 is 1.86 bits per heavy atom. The van der Waals surface area contributed by atoms with Crippen molar-refractivity contribution in [3.8, 4) is 5.75 Å². The number of amides is 1. The first-order valence-corrected chi connectivity index (χ1v) is 10.4. The van der Waals surface area contributed by atoms with Crippen LogP contribution in [0.3, 0.4) is 0 Å². The molecule has 2 aromatic rings. The Morgan fingerprint density at radius 3 is 2.46 bits per heavy atom. The van der Waals surface area contributed by atoms with E-state index in [1.165, 1.54) is 22.5 Å². The van der Waals surface area contributed by atoms with Crippen LogP contribution in [-0.4, -0.2) is 58.5 Å². The van der Waals surface area contributed by atoms with E-state index in [1.54, 1.807) is 31.4 Å². The van der Waals surface area contributed by atoms with Gasteiger partial charge in [0.2, 0.25) is 10.0 Å². The largest absolute Gasteiger partial charge is 0.497 e. The number of nitrogens with zero attached hydrogens (tertiary/aromatic N) is 1. The summed E-state index contributed by atoms with van der Waals surface area (Å²) in [5, 5.41) is 2.83. The first-order chi connectivity index (χ1) is 13.4. The topological polar surface area (TPSA) is 80.2 Å². The van der Waals surface area contributed by atoms with Gasteiger partial charge in [0.25, 0.3) is 5.91 Å². The molecule has 0 aliphatic carbocycles. The fourth-order valence-corrected chi connectivity index (χ4v) is 4.58. The van der Waals surface area contributed by atoms with Gasteiger partial charge in [-0.05, 0) is 42.5 Å². The number of halogens is 1. The number of carbonyl (C=O) groups excluding carboxylic acids is 1. The van der Waals surface area contributed by atoms with E-state index in [2.05, 4.69) is 5.32 Å². The van der Waals surface area contributed by atoms with Crippen molar-refractivity contribution in [2.24, 2.45) is 0 Å². The second kappa shape index (κ2) is 8.68. The van der Waals surface area contributed by atoms with Gasteiger partial charge in [-0.3, -0.25) is 4.79 Å². The van der Waals surface area contributed by atoms with Crippen molar-refractivity contribution >= 4 is 21.6 Å². The fourth-order valence-electron chi connectivity index (χ4n) is 3.10. The maximum absolute atomic E-state index is 13.4. The van der Waals surface area contributed by atoms with E-state index < -0.39 is 15.8 Å². The van der Waals surface area contributed by atoms with Gasteiger partial charge in [-0.1, -0.05) is 6.07 Å². The minimum absolute atomic E-state index is 0.0480. The van der Waals surface area contributed by atoms with E-state index in [0.717, 1.165) is 11.0 Å². The third kappa shape index (κ3) is 4.86. The third-order valence-electron chi connectivity index (χ3n) is 4.65. The van der Waals surface area contributed by atoms with Crippen LogP contribution in [0.4, 0.5) is 10.1 Å². The SMILES string of the molecule is COc1ccc(NC(=O)C[NH+]2CCN(S(=O)(=O)c3cccc(F)c3)CC2)cc1. The number of ether oxygens (including phenoxy) is 1. The van der Waals surface area contributed by atoms with Gasteiger partial charge >= 0.3 is 0 Å². The summed E-state index contributed by atoms with van der Waals surface area (Å²) in [5.41, 5.74) is 0.678. The van der Waals surface area contributed by atoms with Crippen LogP contribution < -0.4 is 15.0 Å². The van der Waals surface area contributed by atoms with Gasteiger partial charge in [0.15, 0.2) is 6.54 Å². The summed E-state index contributed by atoms with van der Waals surface area (Å²) in [6.07, 6.45) is 0. The molecule has 28 heavy (non-hydrogen) atoms. The minimum Gasteiger partial charge on any atom is -0.497 e. The average molecular weight is 408 g/mol. The van der Waals surface area contributed by atoms with Crippen molar-refractivity contribution in [3.05, 3.63) is 54.3 Å². The Labute approximate surface area is 163 Å². The van der Waals surface area contributed by atoms with Crippen molar-refractivity contribution in [3.63, 3.8) is 0 Å². The molecule has 0 unspecified atom stereocenters.